The number of aliphatic hydroxyl groups is 1. The Morgan fingerprint density at radius 1 is 0.702 bits per heavy atom. The molecule has 57 heavy (non-hydrogen) atoms. The average molecular weight is 828 g/mol. The molecule has 0 spiro atoms. The van der Waals surface area contributed by atoms with Gasteiger partial charge in [0.25, 0.3) is 0 Å². The lowest BCUT2D eigenvalue weighted by Gasteiger charge is -2.30. The average Bonchev–Trinajstić information content (AvgIpc) is 3.16. The Hall–Kier alpha value is -3.48. The van der Waals surface area contributed by atoms with Gasteiger partial charge in [0.2, 0.25) is 41.4 Å². The zero-order valence-electron chi connectivity index (χ0n) is 35.2. The van der Waals surface area contributed by atoms with Gasteiger partial charge in [-0.25, -0.2) is 0 Å². The topological polar surface area (TPSA) is 276 Å². The highest BCUT2D eigenvalue weighted by atomic mass is 32.2. The standard InChI is InChI=1S/C39H73N9O8S/c1-8-24(4)33(48-37(54)29(21-27-14-10-9-11-15-27)44-32(50)16-12-13-18-40)39(56)43-26(6)34(51)45-28(17-19-57-7)36(53)42-25(5)35(52)46-30(22-49)38(55)47-31(41)20-23(2)3/h23-31,33,49H,8-22,40-41H2,1-7H3,(H,42,53)(H,43,56)(H,44,50)(H,45,51)(H,46,52)(H,47,55)(H,48,54)/t24-,25+,26+,28+,29+,30+,31+,33+/m1/s1. The molecule has 0 unspecified atom stereocenters. The Morgan fingerprint density at radius 3 is 1.81 bits per heavy atom. The van der Waals surface area contributed by atoms with E-state index in [0.29, 0.717) is 44.4 Å². The molecule has 0 bridgehead atoms. The number of carbonyl (C=O) groups is 7. The lowest BCUT2D eigenvalue weighted by molar-refractivity contribution is -0.136. The van der Waals surface area contributed by atoms with Crippen LogP contribution in [0.5, 0.6) is 0 Å². The molecule has 0 aromatic carbocycles. The predicted molar refractivity (Wildman–Crippen MR) is 222 cm³/mol. The minimum Gasteiger partial charge on any atom is -0.394 e. The largest absolute Gasteiger partial charge is 0.394 e. The van der Waals surface area contributed by atoms with Crippen molar-refractivity contribution < 1.29 is 38.7 Å². The monoisotopic (exact) mass is 828 g/mol. The molecule has 12 N–H and O–H groups in total. The third-order valence-electron chi connectivity index (χ3n) is 10.2. The number of amides is 7. The first-order chi connectivity index (χ1) is 27.0. The van der Waals surface area contributed by atoms with Crippen LogP contribution in [0.1, 0.15) is 119 Å². The van der Waals surface area contributed by atoms with Crippen molar-refractivity contribution in [3.05, 3.63) is 0 Å². The van der Waals surface area contributed by atoms with Crippen LogP contribution >= 0.6 is 11.8 Å². The highest BCUT2D eigenvalue weighted by Crippen LogP contribution is 2.27. The molecule has 18 heteroatoms. The van der Waals surface area contributed by atoms with Crippen molar-refractivity contribution in [2.24, 2.45) is 29.2 Å². The second-order valence-electron chi connectivity index (χ2n) is 15.8. The SMILES string of the molecule is CC[C@@H](C)[C@H](NC(=O)[C@H](CC1CCCCC1)NC(=O)CCCCN)C(=O)N[C@@H](C)C(=O)N[C@@H](CCSC)C(=O)N[C@@H](C)C(=O)N[C@@H](CO)C(=O)N[C@H](N)CC(C)C. The lowest BCUT2D eigenvalue weighted by Crippen LogP contribution is -2.60. The highest BCUT2D eigenvalue weighted by molar-refractivity contribution is 7.98. The second-order valence-corrected chi connectivity index (χ2v) is 16.8. The molecule has 1 aliphatic carbocycles. The maximum Gasteiger partial charge on any atom is 0.246 e. The molecule has 0 saturated heterocycles. The number of nitrogens with one attached hydrogen (secondary N) is 7. The van der Waals surface area contributed by atoms with Gasteiger partial charge >= 0.3 is 0 Å². The van der Waals surface area contributed by atoms with E-state index in [2.05, 4.69) is 37.2 Å². The number of nitrogens with two attached hydrogens (primary N) is 2. The van der Waals surface area contributed by atoms with Crippen LogP contribution < -0.4 is 48.7 Å². The van der Waals surface area contributed by atoms with Gasteiger partial charge in [-0.1, -0.05) is 66.2 Å². The van der Waals surface area contributed by atoms with E-state index < -0.39 is 84.5 Å². The summed E-state index contributed by atoms with van der Waals surface area (Å²) < 4.78 is 0. The van der Waals surface area contributed by atoms with Gasteiger partial charge in [0.05, 0.1) is 12.8 Å². The van der Waals surface area contributed by atoms with Crippen LogP contribution in [0.3, 0.4) is 0 Å². The molecule has 7 amide bonds. The third kappa shape index (κ3) is 20.2. The van der Waals surface area contributed by atoms with Crippen molar-refractivity contribution in [1.82, 2.24) is 37.2 Å². The Bertz CT molecular complexity index is 1290. The van der Waals surface area contributed by atoms with Crippen LogP contribution in [0, 0.1) is 17.8 Å². The van der Waals surface area contributed by atoms with E-state index in [9.17, 15) is 38.7 Å². The molecule has 328 valence electrons. The Kier molecular flexibility index (Phi) is 25.3. The first-order valence-corrected chi connectivity index (χ1v) is 22.0. The summed E-state index contributed by atoms with van der Waals surface area (Å²) in [7, 11) is 0. The van der Waals surface area contributed by atoms with E-state index in [4.69, 9.17) is 11.5 Å². The van der Waals surface area contributed by atoms with Crippen molar-refractivity contribution in [1.29, 1.82) is 0 Å². The van der Waals surface area contributed by atoms with Gasteiger partial charge in [0.15, 0.2) is 0 Å². The number of thioether (sulfide) groups is 1. The van der Waals surface area contributed by atoms with E-state index in [0.717, 1.165) is 32.1 Å². The molecule has 0 aromatic rings. The molecule has 1 fully saturated rings. The molecule has 17 nitrogen and oxygen atoms in total. The van der Waals surface area contributed by atoms with Crippen LogP contribution in [0.4, 0.5) is 0 Å². The molecule has 0 aromatic heterocycles. The van der Waals surface area contributed by atoms with Crippen LogP contribution in [0.25, 0.3) is 0 Å². The lowest BCUT2D eigenvalue weighted by atomic mass is 9.84. The van der Waals surface area contributed by atoms with Crippen molar-refractivity contribution in [2.75, 3.05) is 25.2 Å². The van der Waals surface area contributed by atoms with E-state index in [1.54, 1.807) is 0 Å². The summed E-state index contributed by atoms with van der Waals surface area (Å²) in [5.74, 6) is -3.39. The smallest absolute Gasteiger partial charge is 0.246 e. The summed E-state index contributed by atoms with van der Waals surface area (Å²) in [5.41, 5.74) is 11.5. The molecule has 0 aliphatic heterocycles. The second kappa shape index (κ2) is 28.0. The zero-order valence-corrected chi connectivity index (χ0v) is 36.1. The normalized spacial score (nSPS) is 17.4. The van der Waals surface area contributed by atoms with Crippen LogP contribution in [-0.2, 0) is 33.6 Å². The van der Waals surface area contributed by atoms with Crippen molar-refractivity contribution in [2.45, 2.75) is 161 Å². The predicted octanol–water partition coefficient (Wildman–Crippen LogP) is 0.273. The Balaban J connectivity index is 2.99. The number of rotatable bonds is 27. The van der Waals surface area contributed by atoms with E-state index in [1.807, 2.05) is 34.0 Å². The molecule has 1 saturated carbocycles. The number of unbranched alkanes of at least 4 members (excludes halogenated alkanes) is 1. The number of carbonyl (C=O) groups excluding carboxylic acids is 7. The van der Waals surface area contributed by atoms with E-state index >= 15 is 0 Å². The molecule has 8 atom stereocenters. The Morgan fingerprint density at radius 2 is 1.26 bits per heavy atom. The minimum atomic E-state index is -1.30. The summed E-state index contributed by atoms with van der Waals surface area (Å²) in [6.07, 6.45) is 9.59. The minimum absolute atomic E-state index is 0.203. The summed E-state index contributed by atoms with van der Waals surface area (Å²) in [6.45, 7) is 10.2. The molecule has 1 aliphatic rings. The van der Waals surface area contributed by atoms with Crippen LogP contribution in [0.2, 0.25) is 0 Å². The van der Waals surface area contributed by atoms with Gasteiger partial charge in [-0.05, 0) is 82.3 Å². The summed E-state index contributed by atoms with van der Waals surface area (Å²) >= 11 is 1.44. The third-order valence-corrected chi connectivity index (χ3v) is 10.9. The first-order valence-electron chi connectivity index (χ1n) is 20.6. The fraction of sp³-hybridized carbons (Fsp3) is 0.821. The number of aliphatic hydroxyl groups excluding tert-OH is 1. The quantitative estimate of drug-likeness (QED) is 0.0397. The molecule has 0 heterocycles. The van der Waals surface area contributed by atoms with Gasteiger partial charge < -0.3 is 53.8 Å². The van der Waals surface area contributed by atoms with Crippen molar-refractivity contribution in [3.8, 4) is 0 Å². The fourth-order valence-electron chi connectivity index (χ4n) is 6.53. The van der Waals surface area contributed by atoms with Crippen molar-refractivity contribution >= 4 is 53.1 Å². The van der Waals surface area contributed by atoms with Gasteiger partial charge in [0, 0.05) is 6.42 Å². The fourth-order valence-corrected chi connectivity index (χ4v) is 7.00. The highest BCUT2D eigenvalue weighted by Gasteiger charge is 2.34. The molecule has 1 rings (SSSR count). The van der Waals surface area contributed by atoms with Gasteiger partial charge in [-0.3, -0.25) is 33.6 Å². The number of hydrogen-bond acceptors (Lipinski definition) is 11. The van der Waals surface area contributed by atoms with Crippen LogP contribution in [-0.4, -0.2) is 114 Å². The number of hydrogen-bond donors (Lipinski definition) is 10. The zero-order chi connectivity index (χ0) is 43.1. The Labute approximate surface area is 343 Å². The van der Waals surface area contributed by atoms with E-state index in [1.165, 1.54) is 25.6 Å². The summed E-state index contributed by atoms with van der Waals surface area (Å²) in [5, 5.41) is 28.4. The molecular weight excluding hydrogens is 755 g/mol. The van der Waals surface area contributed by atoms with Gasteiger partial charge in [-0.2, -0.15) is 11.8 Å². The van der Waals surface area contributed by atoms with Gasteiger partial charge in [-0.15, -0.1) is 0 Å². The maximum absolute atomic E-state index is 13.8. The summed E-state index contributed by atoms with van der Waals surface area (Å²) in [4.78, 5) is 92.6. The summed E-state index contributed by atoms with van der Waals surface area (Å²) in [6, 6.07) is -6.47. The van der Waals surface area contributed by atoms with Crippen LogP contribution in [0.15, 0.2) is 0 Å². The van der Waals surface area contributed by atoms with E-state index in [-0.39, 0.29) is 36.5 Å². The molecular formula is C39H73N9O8S. The molecule has 0 radical (unpaired) electrons. The maximum atomic E-state index is 13.8. The first kappa shape index (κ1) is 51.5. The van der Waals surface area contributed by atoms with Crippen molar-refractivity contribution in [3.63, 3.8) is 0 Å². The van der Waals surface area contributed by atoms with Gasteiger partial charge in [0.1, 0.15) is 36.3 Å².